The van der Waals surface area contributed by atoms with Crippen molar-refractivity contribution in [1.82, 2.24) is 10.2 Å². The van der Waals surface area contributed by atoms with Crippen molar-refractivity contribution in [1.29, 1.82) is 0 Å². The van der Waals surface area contributed by atoms with Gasteiger partial charge in [0.1, 0.15) is 0 Å². The van der Waals surface area contributed by atoms with E-state index in [0.29, 0.717) is 16.8 Å². The lowest BCUT2D eigenvalue weighted by molar-refractivity contribution is -0.117. The van der Waals surface area contributed by atoms with E-state index >= 15 is 0 Å². The van der Waals surface area contributed by atoms with Crippen LogP contribution in [0.25, 0.3) is 0 Å². The van der Waals surface area contributed by atoms with E-state index in [1.54, 1.807) is 0 Å². The quantitative estimate of drug-likeness (QED) is 0.816. The molecule has 9 heteroatoms. The van der Waals surface area contributed by atoms with Gasteiger partial charge in [-0.2, -0.15) is 5.10 Å². The van der Waals surface area contributed by atoms with Crippen LogP contribution in [0.5, 0.6) is 0 Å². The zero-order valence-electron chi connectivity index (χ0n) is 9.68. The van der Waals surface area contributed by atoms with Crippen LogP contribution >= 0.6 is 15.9 Å². The Kier molecular flexibility index (Phi) is 3.47. The maximum absolute atomic E-state index is 11.8. The first-order valence-electron chi connectivity index (χ1n) is 5.29. The predicted molar refractivity (Wildman–Crippen MR) is 69.5 cm³/mol. The van der Waals surface area contributed by atoms with Crippen LogP contribution in [0.4, 0.5) is 5.82 Å². The number of anilines is 1. The van der Waals surface area contributed by atoms with Crippen LogP contribution in [0.15, 0.2) is 4.47 Å². The van der Waals surface area contributed by atoms with Crippen molar-refractivity contribution in [3.8, 4) is 0 Å². The van der Waals surface area contributed by atoms with E-state index in [9.17, 15) is 13.2 Å². The highest BCUT2D eigenvalue weighted by Crippen LogP contribution is 2.31. The minimum Gasteiger partial charge on any atom is -0.294 e. The lowest BCUT2D eigenvalue weighted by atomic mass is 10.1. The van der Waals surface area contributed by atoms with E-state index in [4.69, 9.17) is 5.14 Å². The fourth-order valence-electron chi connectivity index (χ4n) is 2.01. The summed E-state index contributed by atoms with van der Waals surface area (Å²) in [5, 5.41) is 11.8. The third-order valence-electron chi connectivity index (χ3n) is 2.78. The smallest absolute Gasteiger partial charge is 0.228 e. The molecule has 1 fully saturated rings. The van der Waals surface area contributed by atoms with Gasteiger partial charge in [0.05, 0.1) is 10.2 Å². The third-order valence-corrected chi connectivity index (χ3v) is 4.67. The normalized spacial score (nSPS) is 20.7. The van der Waals surface area contributed by atoms with Crippen LogP contribution in [-0.2, 0) is 14.8 Å². The van der Waals surface area contributed by atoms with Gasteiger partial charge in [0, 0.05) is 24.6 Å². The van der Waals surface area contributed by atoms with Gasteiger partial charge in [-0.15, -0.1) is 0 Å². The van der Waals surface area contributed by atoms with Gasteiger partial charge in [0.25, 0.3) is 0 Å². The SMILES string of the molecule is Cc1[nH]nc(N2CC(CS(N)(=O)=O)CC2=O)c1Br. The van der Waals surface area contributed by atoms with Gasteiger partial charge in [-0.25, -0.2) is 13.6 Å². The Morgan fingerprint density at radius 2 is 2.28 bits per heavy atom. The first-order valence-corrected chi connectivity index (χ1v) is 7.80. The van der Waals surface area contributed by atoms with Gasteiger partial charge < -0.3 is 0 Å². The van der Waals surface area contributed by atoms with Crippen LogP contribution in [0.1, 0.15) is 12.1 Å². The first kappa shape index (κ1) is 13.5. The Bertz CT molecular complexity index is 583. The number of carbonyl (C=O) groups is 1. The Labute approximate surface area is 113 Å². The van der Waals surface area contributed by atoms with Crippen LogP contribution < -0.4 is 10.0 Å². The van der Waals surface area contributed by atoms with Crippen molar-refractivity contribution < 1.29 is 13.2 Å². The van der Waals surface area contributed by atoms with E-state index in [1.165, 1.54) is 4.90 Å². The molecule has 0 bridgehead atoms. The van der Waals surface area contributed by atoms with Gasteiger partial charge in [0.15, 0.2) is 5.82 Å². The summed E-state index contributed by atoms with van der Waals surface area (Å²) in [4.78, 5) is 13.3. The number of nitrogens with one attached hydrogen (secondary N) is 1. The molecule has 1 aliphatic heterocycles. The maximum atomic E-state index is 11.8. The monoisotopic (exact) mass is 336 g/mol. The van der Waals surface area contributed by atoms with Crippen molar-refractivity contribution >= 4 is 37.7 Å². The minimum absolute atomic E-state index is 0.143. The van der Waals surface area contributed by atoms with Gasteiger partial charge in [0.2, 0.25) is 15.9 Å². The number of aryl methyl sites for hydroxylation is 1. The molecule has 1 aliphatic rings. The summed E-state index contributed by atoms with van der Waals surface area (Å²) in [5.41, 5.74) is 0.813. The van der Waals surface area contributed by atoms with Gasteiger partial charge in [-0.1, -0.05) is 0 Å². The molecule has 0 aliphatic carbocycles. The second-order valence-corrected chi connectivity index (χ2v) is 6.84. The number of nitrogens with two attached hydrogens (primary N) is 1. The molecule has 2 rings (SSSR count). The van der Waals surface area contributed by atoms with Crippen LogP contribution in [0.2, 0.25) is 0 Å². The molecule has 100 valence electrons. The van der Waals surface area contributed by atoms with Crippen LogP contribution in [-0.4, -0.2) is 36.8 Å². The highest BCUT2D eigenvalue weighted by atomic mass is 79.9. The Morgan fingerprint density at radius 3 is 2.78 bits per heavy atom. The van der Waals surface area contributed by atoms with Crippen molar-refractivity contribution in [2.45, 2.75) is 13.3 Å². The largest absolute Gasteiger partial charge is 0.294 e. The standard InChI is InChI=1S/C9H13BrN4O3S/c1-5-8(10)9(13-12-5)14-3-6(2-7(14)15)4-18(11,16)17/h6H,2-4H2,1H3,(H,12,13)(H2,11,16,17). The number of aromatic nitrogens is 2. The summed E-state index contributed by atoms with van der Waals surface area (Å²) < 4.78 is 22.8. The predicted octanol–water partition coefficient (Wildman–Crippen LogP) is 0.122. The topological polar surface area (TPSA) is 109 Å². The van der Waals surface area contributed by atoms with Gasteiger partial charge in [-0.3, -0.25) is 14.8 Å². The number of primary sulfonamides is 1. The lowest BCUT2D eigenvalue weighted by Crippen LogP contribution is -2.28. The summed E-state index contributed by atoms with van der Waals surface area (Å²) >= 11 is 3.34. The molecular formula is C9H13BrN4O3S. The third kappa shape index (κ3) is 2.73. The molecule has 1 saturated heterocycles. The molecule has 2 heterocycles. The van der Waals surface area contributed by atoms with Crippen LogP contribution in [0.3, 0.4) is 0 Å². The summed E-state index contributed by atoms with van der Waals surface area (Å²) in [6.07, 6.45) is 0.175. The molecule has 0 spiro atoms. The number of amides is 1. The van der Waals surface area contributed by atoms with Gasteiger partial charge in [-0.05, 0) is 22.9 Å². The molecule has 0 aromatic carbocycles. The van der Waals surface area contributed by atoms with Crippen molar-refractivity contribution in [3.05, 3.63) is 10.2 Å². The van der Waals surface area contributed by atoms with Crippen molar-refractivity contribution in [3.63, 3.8) is 0 Å². The highest BCUT2D eigenvalue weighted by Gasteiger charge is 2.35. The number of halogens is 1. The summed E-state index contributed by atoms with van der Waals surface area (Å²) in [6.45, 7) is 2.14. The van der Waals surface area contributed by atoms with E-state index < -0.39 is 10.0 Å². The maximum Gasteiger partial charge on any atom is 0.228 e. The molecule has 7 nitrogen and oxygen atoms in total. The molecule has 1 atom stereocenters. The zero-order valence-corrected chi connectivity index (χ0v) is 12.1. The lowest BCUT2D eigenvalue weighted by Gasteiger charge is -2.13. The molecule has 1 amide bonds. The number of nitrogens with zero attached hydrogens (tertiary/aromatic N) is 2. The minimum atomic E-state index is -3.56. The average Bonchev–Trinajstić information content (AvgIpc) is 2.70. The van der Waals surface area contributed by atoms with Crippen molar-refractivity contribution in [2.24, 2.45) is 11.1 Å². The Morgan fingerprint density at radius 1 is 1.61 bits per heavy atom. The second-order valence-electron chi connectivity index (χ2n) is 4.39. The van der Waals surface area contributed by atoms with Crippen molar-refractivity contribution in [2.75, 3.05) is 17.2 Å². The number of hydrogen-bond donors (Lipinski definition) is 2. The number of H-pyrrole nitrogens is 1. The summed E-state index contributed by atoms with van der Waals surface area (Å²) in [7, 11) is -3.56. The van der Waals surface area contributed by atoms with E-state index in [0.717, 1.165) is 5.69 Å². The molecule has 1 unspecified atom stereocenters. The van der Waals surface area contributed by atoms with E-state index in [-0.39, 0.29) is 24.0 Å². The van der Waals surface area contributed by atoms with E-state index in [2.05, 4.69) is 26.1 Å². The molecule has 0 radical (unpaired) electrons. The number of aromatic amines is 1. The number of rotatable bonds is 3. The first-order chi connectivity index (χ1) is 8.28. The highest BCUT2D eigenvalue weighted by molar-refractivity contribution is 9.10. The number of sulfonamides is 1. The Balaban J connectivity index is 2.18. The fraction of sp³-hybridized carbons (Fsp3) is 0.556. The average molecular weight is 337 g/mol. The second kappa shape index (κ2) is 4.63. The molecule has 18 heavy (non-hydrogen) atoms. The summed E-state index contributed by atoms with van der Waals surface area (Å²) in [6, 6.07) is 0. The molecule has 1 aromatic rings. The molecule has 0 saturated carbocycles. The molecule has 3 N–H and O–H groups in total. The zero-order chi connectivity index (χ0) is 13.5. The number of hydrogen-bond acceptors (Lipinski definition) is 4. The Hall–Kier alpha value is -0.930. The molecular weight excluding hydrogens is 324 g/mol. The summed E-state index contributed by atoms with van der Waals surface area (Å²) in [5.74, 6) is -0.113. The van der Waals surface area contributed by atoms with Gasteiger partial charge >= 0.3 is 0 Å². The van der Waals surface area contributed by atoms with Crippen LogP contribution in [0, 0.1) is 12.8 Å². The molecule has 1 aromatic heterocycles. The number of carbonyl (C=O) groups excluding carboxylic acids is 1. The fourth-order valence-corrected chi connectivity index (χ4v) is 3.28. The van der Waals surface area contributed by atoms with E-state index in [1.807, 2.05) is 6.92 Å².